The molecule has 0 saturated heterocycles. The summed E-state index contributed by atoms with van der Waals surface area (Å²) in [5, 5.41) is 5.93. The minimum atomic E-state index is -0.695. The van der Waals surface area contributed by atoms with E-state index in [-0.39, 0.29) is 11.5 Å². The molecule has 3 rings (SSSR count). The molecular formula is C11H9F2N5S. The van der Waals surface area contributed by atoms with Crippen LogP contribution in [-0.4, -0.2) is 20.7 Å². The van der Waals surface area contributed by atoms with Crippen LogP contribution in [0, 0.1) is 5.95 Å². The van der Waals surface area contributed by atoms with Gasteiger partial charge in [0.2, 0.25) is 5.95 Å². The summed E-state index contributed by atoms with van der Waals surface area (Å²) in [6.45, 7) is 0. The highest BCUT2D eigenvalue weighted by atomic mass is 32.2. The van der Waals surface area contributed by atoms with Gasteiger partial charge in [-0.15, -0.1) is 0 Å². The van der Waals surface area contributed by atoms with Crippen LogP contribution in [0.2, 0.25) is 0 Å². The third-order valence-corrected chi connectivity index (χ3v) is 3.48. The Labute approximate surface area is 111 Å². The van der Waals surface area contributed by atoms with Gasteiger partial charge >= 0.3 is 0 Å². The molecule has 0 fully saturated rings. The number of nitrogens with one attached hydrogen (secondary N) is 1. The van der Waals surface area contributed by atoms with Gasteiger partial charge in [-0.05, 0) is 12.1 Å². The molecule has 1 atom stereocenters. The molecule has 0 saturated carbocycles. The van der Waals surface area contributed by atoms with Gasteiger partial charge in [-0.3, -0.25) is 10.00 Å². The van der Waals surface area contributed by atoms with Crippen LogP contribution in [0.25, 0.3) is 5.70 Å². The van der Waals surface area contributed by atoms with Crippen LogP contribution in [0.4, 0.5) is 14.6 Å². The minimum Gasteiger partial charge on any atom is -0.302 e. The summed E-state index contributed by atoms with van der Waals surface area (Å²) in [6.07, 6.45) is 3.01. The summed E-state index contributed by atoms with van der Waals surface area (Å²) in [6, 6.07) is 4.29. The average molecular weight is 281 g/mol. The fraction of sp³-hybridized carbons (Fsp3) is 0.0909. The Morgan fingerprint density at radius 3 is 2.89 bits per heavy atom. The molecule has 3 heterocycles. The SMILES string of the molecule is NC1SC(F)=C(c2cn[nH]c2)N1c1cccc(F)n1. The summed E-state index contributed by atoms with van der Waals surface area (Å²) < 4.78 is 27.2. The minimum absolute atomic E-state index is 0.240. The second-order valence-electron chi connectivity index (χ2n) is 3.81. The molecule has 0 aliphatic carbocycles. The van der Waals surface area contributed by atoms with Crippen LogP contribution in [0.1, 0.15) is 5.56 Å². The molecule has 0 bridgehead atoms. The molecule has 0 aromatic carbocycles. The third kappa shape index (κ3) is 2.08. The van der Waals surface area contributed by atoms with Crippen LogP contribution < -0.4 is 10.6 Å². The first-order valence-electron chi connectivity index (χ1n) is 5.40. The smallest absolute Gasteiger partial charge is 0.214 e. The number of aromatic amines is 1. The van der Waals surface area contributed by atoms with Crippen molar-refractivity contribution in [2.45, 2.75) is 5.50 Å². The quantitative estimate of drug-likeness (QED) is 0.824. The van der Waals surface area contributed by atoms with Gasteiger partial charge in [0, 0.05) is 11.8 Å². The largest absolute Gasteiger partial charge is 0.302 e. The van der Waals surface area contributed by atoms with E-state index >= 15 is 0 Å². The predicted molar refractivity (Wildman–Crippen MR) is 68.9 cm³/mol. The molecule has 1 aliphatic heterocycles. The molecule has 0 amide bonds. The normalized spacial score (nSPS) is 19.3. The van der Waals surface area contributed by atoms with Crippen molar-refractivity contribution < 1.29 is 8.78 Å². The van der Waals surface area contributed by atoms with E-state index in [0.717, 1.165) is 11.8 Å². The standard InChI is InChI=1S/C11H9F2N5S/c12-7-2-1-3-8(17-7)18-9(6-4-15-16-5-6)10(13)19-11(18)14/h1-5,11H,14H2,(H,15,16). The Hall–Kier alpha value is -1.93. The van der Waals surface area contributed by atoms with Gasteiger partial charge in [0.05, 0.1) is 11.9 Å². The lowest BCUT2D eigenvalue weighted by Crippen LogP contribution is -2.35. The van der Waals surface area contributed by atoms with E-state index in [0.29, 0.717) is 5.56 Å². The highest BCUT2D eigenvalue weighted by Crippen LogP contribution is 2.43. The van der Waals surface area contributed by atoms with E-state index in [2.05, 4.69) is 15.2 Å². The Morgan fingerprint density at radius 2 is 2.21 bits per heavy atom. The Morgan fingerprint density at radius 1 is 1.37 bits per heavy atom. The van der Waals surface area contributed by atoms with Gasteiger partial charge in [0.15, 0.2) is 5.16 Å². The number of hydrogen-bond donors (Lipinski definition) is 2. The van der Waals surface area contributed by atoms with Crippen LogP contribution in [-0.2, 0) is 0 Å². The van der Waals surface area contributed by atoms with Crippen molar-refractivity contribution >= 4 is 23.3 Å². The fourth-order valence-corrected chi connectivity index (χ4v) is 2.70. The highest BCUT2D eigenvalue weighted by Gasteiger charge is 2.34. The summed E-state index contributed by atoms with van der Waals surface area (Å²) in [5.74, 6) is -0.391. The monoisotopic (exact) mass is 281 g/mol. The molecule has 3 N–H and O–H groups in total. The van der Waals surface area contributed by atoms with Crippen molar-refractivity contribution in [3.63, 3.8) is 0 Å². The van der Waals surface area contributed by atoms with Gasteiger partial charge in [-0.2, -0.15) is 13.9 Å². The number of nitrogens with two attached hydrogens (primary N) is 1. The predicted octanol–water partition coefficient (Wildman–Crippen LogP) is 2.04. The van der Waals surface area contributed by atoms with Crippen molar-refractivity contribution in [3.05, 3.63) is 47.3 Å². The number of halogens is 2. The zero-order chi connectivity index (χ0) is 13.4. The molecule has 8 heteroatoms. The Balaban J connectivity index is 2.08. The molecule has 1 aliphatic rings. The van der Waals surface area contributed by atoms with Gasteiger partial charge in [0.25, 0.3) is 0 Å². The summed E-state index contributed by atoms with van der Waals surface area (Å²) in [5.41, 5.74) is 5.94. The zero-order valence-electron chi connectivity index (χ0n) is 9.55. The number of thioether (sulfide) groups is 1. The van der Waals surface area contributed by atoms with Crippen LogP contribution >= 0.6 is 11.8 Å². The van der Waals surface area contributed by atoms with Gasteiger partial charge in [-0.25, -0.2) is 4.98 Å². The van der Waals surface area contributed by atoms with Gasteiger partial charge in [0.1, 0.15) is 11.3 Å². The van der Waals surface area contributed by atoms with E-state index < -0.39 is 16.6 Å². The first-order valence-corrected chi connectivity index (χ1v) is 6.28. The number of nitrogens with zero attached hydrogens (tertiary/aromatic N) is 3. The van der Waals surface area contributed by atoms with Crippen molar-refractivity contribution in [2.75, 3.05) is 4.90 Å². The Kier molecular flexibility index (Phi) is 2.96. The van der Waals surface area contributed by atoms with Crippen molar-refractivity contribution in [3.8, 4) is 0 Å². The first kappa shape index (κ1) is 12.1. The summed E-state index contributed by atoms with van der Waals surface area (Å²) >= 11 is 0.848. The number of rotatable bonds is 2. The maximum absolute atomic E-state index is 14.0. The molecular weight excluding hydrogens is 272 g/mol. The van der Waals surface area contributed by atoms with Crippen molar-refractivity contribution in [1.29, 1.82) is 0 Å². The number of H-pyrrole nitrogens is 1. The number of hydrogen-bond acceptors (Lipinski definition) is 5. The second-order valence-corrected chi connectivity index (χ2v) is 4.88. The van der Waals surface area contributed by atoms with Crippen LogP contribution in [0.3, 0.4) is 0 Å². The molecule has 98 valence electrons. The molecule has 1 unspecified atom stereocenters. The second kappa shape index (κ2) is 4.63. The average Bonchev–Trinajstić information content (AvgIpc) is 2.96. The number of anilines is 1. The van der Waals surface area contributed by atoms with Gasteiger partial charge < -0.3 is 5.73 Å². The Bertz CT molecular complexity index is 628. The molecule has 0 spiro atoms. The van der Waals surface area contributed by atoms with Crippen molar-refractivity contribution in [1.82, 2.24) is 15.2 Å². The molecule has 19 heavy (non-hydrogen) atoms. The zero-order valence-corrected chi connectivity index (χ0v) is 10.4. The number of aromatic nitrogens is 3. The highest BCUT2D eigenvalue weighted by molar-refractivity contribution is 8.04. The van der Waals surface area contributed by atoms with E-state index in [4.69, 9.17) is 5.73 Å². The lowest BCUT2D eigenvalue weighted by atomic mass is 10.2. The van der Waals surface area contributed by atoms with Crippen LogP contribution in [0.5, 0.6) is 0 Å². The molecule has 0 radical (unpaired) electrons. The molecule has 2 aromatic rings. The maximum atomic E-state index is 14.0. The summed E-state index contributed by atoms with van der Waals surface area (Å²) in [7, 11) is 0. The summed E-state index contributed by atoms with van der Waals surface area (Å²) in [4.78, 5) is 5.17. The maximum Gasteiger partial charge on any atom is 0.214 e. The van der Waals surface area contributed by atoms with Crippen LogP contribution in [0.15, 0.2) is 35.8 Å². The fourth-order valence-electron chi connectivity index (χ4n) is 1.85. The topological polar surface area (TPSA) is 70.8 Å². The van der Waals surface area contributed by atoms with Gasteiger partial charge in [-0.1, -0.05) is 17.8 Å². The van der Waals surface area contributed by atoms with E-state index in [1.807, 2.05) is 0 Å². The molecule has 2 aromatic heterocycles. The third-order valence-electron chi connectivity index (χ3n) is 2.62. The van der Waals surface area contributed by atoms with Crippen molar-refractivity contribution in [2.24, 2.45) is 5.73 Å². The van der Waals surface area contributed by atoms with E-state index in [1.54, 1.807) is 12.3 Å². The van der Waals surface area contributed by atoms with E-state index in [9.17, 15) is 8.78 Å². The van der Waals surface area contributed by atoms with E-state index in [1.165, 1.54) is 23.2 Å². The lowest BCUT2D eigenvalue weighted by molar-refractivity contribution is 0.583. The number of pyridine rings is 1. The molecule has 5 nitrogen and oxygen atoms in total. The lowest BCUT2D eigenvalue weighted by Gasteiger charge is -2.23. The first-order chi connectivity index (χ1) is 9.16.